The van der Waals surface area contributed by atoms with Gasteiger partial charge in [0.2, 0.25) is 15.9 Å². The highest BCUT2D eigenvalue weighted by Crippen LogP contribution is 2.19. The largest absolute Gasteiger partial charge is 0.459 e. The number of halogens is 1. The van der Waals surface area contributed by atoms with Crippen molar-refractivity contribution in [3.05, 3.63) is 53.4 Å². The zero-order valence-corrected chi connectivity index (χ0v) is 15.9. The number of rotatable bonds is 5. The number of carbonyl (C=O) groups is 2. The summed E-state index contributed by atoms with van der Waals surface area (Å²) in [6.45, 7) is 0.694. The molecule has 2 aromatic rings. The van der Waals surface area contributed by atoms with Gasteiger partial charge in [-0.15, -0.1) is 0 Å². The Hall–Kier alpha value is -2.36. The number of nitrogens with one attached hydrogen (secondary N) is 1. The van der Waals surface area contributed by atoms with Gasteiger partial charge in [-0.2, -0.15) is 4.31 Å². The van der Waals surface area contributed by atoms with Crippen LogP contribution in [0.15, 0.2) is 52.0 Å². The minimum Gasteiger partial charge on any atom is -0.459 e. The Morgan fingerprint density at radius 3 is 2.33 bits per heavy atom. The average Bonchev–Trinajstić information content (AvgIpc) is 3.21. The highest BCUT2D eigenvalue weighted by molar-refractivity contribution is 7.89. The maximum atomic E-state index is 12.6. The van der Waals surface area contributed by atoms with Crippen molar-refractivity contribution < 1.29 is 22.4 Å². The monoisotopic (exact) mass is 411 g/mol. The summed E-state index contributed by atoms with van der Waals surface area (Å²) in [5.74, 6) is -0.627. The molecule has 1 N–H and O–H groups in total. The number of nitrogens with zero attached hydrogens (tertiary/aromatic N) is 2. The second-order valence-electron chi connectivity index (χ2n) is 5.90. The fraction of sp³-hybridized carbons (Fsp3) is 0.294. The summed E-state index contributed by atoms with van der Waals surface area (Å²) >= 11 is 5.80. The highest BCUT2D eigenvalue weighted by Gasteiger charge is 2.30. The molecule has 0 aliphatic carbocycles. The standard InChI is InChI=1S/C17H18ClN3O5S/c18-13-3-5-14(6-4-13)27(24,25)21-9-7-20(8-10-21)16(22)12-19-17(23)15-2-1-11-26-15/h1-6,11H,7-10,12H2,(H,19,23). The lowest BCUT2D eigenvalue weighted by Crippen LogP contribution is -2.52. The van der Waals surface area contributed by atoms with Gasteiger partial charge in [-0.1, -0.05) is 11.6 Å². The molecule has 27 heavy (non-hydrogen) atoms. The number of sulfonamides is 1. The van der Waals surface area contributed by atoms with Crippen molar-refractivity contribution in [2.75, 3.05) is 32.7 Å². The second-order valence-corrected chi connectivity index (χ2v) is 8.27. The Bertz CT molecular complexity index is 905. The summed E-state index contributed by atoms with van der Waals surface area (Å²) < 4.78 is 31.6. The third-order valence-corrected chi connectivity index (χ3v) is 6.35. The lowest BCUT2D eigenvalue weighted by molar-refractivity contribution is -0.131. The van der Waals surface area contributed by atoms with Gasteiger partial charge in [0.05, 0.1) is 17.7 Å². The quantitative estimate of drug-likeness (QED) is 0.796. The van der Waals surface area contributed by atoms with Crippen molar-refractivity contribution in [1.29, 1.82) is 0 Å². The van der Waals surface area contributed by atoms with Gasteiger partial charge in [0.1, 0.15) is 0 Å². The molecule has 0 bridgehead atoms. The van der Waals surface area contributed by atoms with E-state index in [1.807, 2.05) is 0 Å². The summed E-state index contributed by atoms with van der Waals surface area (Å²) in [4.78, 5) is 25.7. The van der Waals surface area contributed by atoms with E-state index in [2.05, 4.69) is 5.32 Å². The van der Waals surface area contributed by atoms with Crippen molar-refractivity contribution in [3.8, 4) is 0 Å². The zero-order chi connectivity index (χ0) is 19.4. The Kier molecular flexibility index (Phi) is 5.83. The van der Waals surface area contributed by atoms with Crippen LogP contribution in [0.5, 0.6) is 0 Å². The molecule has 2 amide bonds. The van der Waals surface area contributed by atoms with Gasteiger partial charge in [0.15, 0.2) is 5.76 Å². The Morgan fingerprint density at radius 2 is 1.74 bits per heavy atom. The molecule has 0 spiro atoms. The Labute approximate surface area is 161 Å². The number of benzene rings is 1. The first-order valence-corrected chi connectivity index (χ1v) is 10.0. The number of hydrogen-bond acceptors (Lipinski definition) is 5. The molecule has 0 radical (unpaired) electrons. The summed E-state index contributed by atoms with van der Waals surface area (Å²) in [6.07, 6.45) is 1.37. The van der Waals surface area contributed by atoms with E-state index in [1.165, 1.54) is 45.8 Å². The lowest BCUT2D eigenvalue weighted by Gasteiger charge is -2.34. The topological polar surface area (TPSA) is 99.9 Å². The lowest BCUT2D eigenvalue weighted by atomic mass is 10.3. The van der Waals surface area contributed by atoms with E-state index >= 15 is 0 Å². The smallest absolute Gasteiger partial charge is 0.287 e. The van der Waals surface area contributed by atoms with E-state index in [0.717, 1.165) is 0 Å². The number of hydrogen-bond donors (Lipinski definition) is 1. The normalized spacial score (nSPS) is 15.5. The first kappa shape index (κ1) is 19.4. The van der Waals surface area contributed by atoms with Crippen LogP contribution in [-0.4, -0.2) is 62.2 Å². The minimum atomic E-state index is -3.63. The third kappa shape index (κ3) is 4.49. The highest BCUT2D eigenvalue weighted by atomic mass is 35.5. The van der Waals surface area contributed by atoms with Gasteiger partial charge < -0.3 is 14.6 Å². The molecule has 1 aliphatic rings. The SMILES string of the molecule is O=C(NCC(=O)N1CCN(S(=O)(=O)c2ccc(Cl)cc2)CC1)c1ccco1. The van der Waals surface area contributed by atoms with E-state index in [0.29, 0.717) is 5.02 Å². The van der Waals surface area contributed by atoms with Gasteiger partial charge in [0, 0.05) is 31.2 Å². The van der Waals surface area contributed by atoms with E-state index in [9.17, 15) is 18.0 Å². The molecule has 0 unspecified atom stereocenters. The minimum absolute atomic E-state index is 0.127. The van der Waals surface area contributed by atoms with Crippen LogP contribution in [0, 0.1) is 0 Å². The molecule has 2 heterocycles. The number of amides is 2. The van der Waals surface area contributed by atoms with Crippen molar-refractivity contribution >= 4 is 33.4 Å². The first-order chi connectivity index (χ1) is 12.9. The van der Waals surface area contributed by atoms with Crippen molar-refractivity contribution in [1.82, 2.24) is 14.5 Å². The molecule has 1 aromatic heterocycles. The fourth-order valence-electron chi connectivity index (χ4n) is 2.70. The van der Waals surface area contributed by atoms with Gasteiger partial charge in [0.25, 0.3) is 5.91 Å². The van der Waals surface area contributed by atoms with Crippen LogP contribution in [0.2, 0.25) is 5.02 Å². The summed E-state index contributed by atoms with van der Waals surface area (Å²) in [6, 6.07) is 9.04. The third-order valence-electron chi connectivity index (χ3n) is 4.19. The predicted molar refractivity (Wildman–Crippen MR) is 97.8 cm³/mol. The first-order valence-electron chi connectivity index (χ1n) is 8.23. The summed E-state index contributed by atoms with van der Waals surface area (Å²) in [5, 5.41) is 2.95. The number of carbonyl (C=O) groups excluding carboxylic acids is 2. The molecule has 8 nitrogen and oxygen atoms in total. The van der Waals surface area contributed by atoms with Gasteiger partial charge in [-0.25, -0.2) is 8.42 Å². The van der Waals surface area contributed by atoms with Crippen LogP contribution in [0.25, 0.3) is 0 Å². The predicted octanol–water partition coefficient (Wildman–Crippen LogP) is 1.20. The second kappa shape index (κ2) is 8.12. The van der Waals surface area contributed by atoms with Crippen LogP contribution in [0.4, 0.5) is 0 Å². The summed E-state index contributed by atoms with van der Waals surface area (Å²) in [7, 11) is -3.63. The van der Waals surface area contributed by atoms with Crippen molar-refractivity contribution in [2.24, 2.45) is 0 Å². The number of piperazine rings is 1. The molecule has 0 atom stereocenters. The average molecular weight is 412 g/mol. The molecule has 1 saturated heterocycles. The van der Waals surface area contributed by atoms with Crippen LogP contribution < -0.4 is 5.32 Å². The molecule has 3 rings (SSSR count). The van der Waals surface area contributed by atoms with Crippen LogP contribution in [0.3, 0.4) is 0 Å². The maximum absolute atomic E-state index is 12.6. The molecule has 10 heteroatoms. The van der Waals surface area contributed by atoms with Crippen molar-refractivity contribution in [2.45, 2.75) is 4.90 Å². The Balaban J connectivity index is 1.53. The fourth-order valence-corrected chi connectivity index (χ4v) is 4.24. The Morgan fingerprint density at radius 1 is 1.07 bits per heavy atom. The molecule has 144 valence electrons. The van der Waals surface area contributed by atoms with Gasteiger partial charge in [-0.05, 0) is 36.4 Å². The van der Waals surface area contributed by atoms with E-state index < -0.39 is 15.9 Å². The molecular formula is C17H18ClN3O5S. The van der Waals surface area contributed by atoms with Gasteiger partial charge in [-0.3, -0.25) is 9.59 Å². The molecule has 1 aliphatic heterocycles. The van der Waals surface area contributed by atoms with Crippen LogP contribution in [-0.2, 0) is 14.8 Å². The number of furan rings is 1. The van der Waals surface area contributed by atoms with Crippen LogP contribution >= 0.6 is 11.6 Å². The zero-order valence-electron chi connectivity index (χ0n) is 14.3. The van der Waals surface area contributed by atoms with E-state index in [4.69, 9.17) is 16.0 Å². The molecular weight excluding hydrogens is 394 g/mol. The van der Waals surface area contributed by atoms with Gasteiger partial charge >= 0.3 is 0 Å². The van der Waals surface area contributed by atoms with Crippen LogP contribution in [0.1, 0.15) is 10.6 Å². The molecule has 1 fully saturated rings. The van der Waals surface area contributed by atoms with E-state index in [1.54, 1.807) is 6.07 Å². The maximum Gasteiger partial charge on any atom is 0.287 e. The summed E-state index contributed by atoms with van der Waals surface area (Å²) in [5.41, 5.74) is 0. The molecule has 0 saturated carbocycles. The molecule has 1 aromatic carbocycles. The van der Waals surface area contributed by atoms with Crippen molar-refractivity contribution in [3.63, 3.8) is 0 Å². The van der Waals surface area contributed by atoms with E-state index in [-0.39, 0.29) is 49.3 Å².